The molecule has 1 aromatic carbocycles. The number of ether oxygens (including phenoxy) is 1. The van der Waals surface area contributed by atoms with Gasteiger partial charge in [-0.3, -0.25) is 9.59 Å². The Balaban J connectivity index is 1.75. The van der Waals surface area contributed by atoms with E-state index in [4.69, 9.17) is 4.74 Å². The van der Waals surface area contributed by atoms with E-state index in [2.05, 4.69) is 26.1 Å². The first-order valence-corrected chi connectivity index (χ1v) is 8.82. The average molecular weight is 383 g/mol. The zero-order valence-corrected chi connectivity index (χ0v) is 15.0. The van der Waals surface area contributed by atoms with Gasteiger partial charge in [0.2, 0.25) is 5.91 Å². The molecule has 1 aliphatic rings. The second-order valence-corrected chi connectivity index (χ2v) is 6.61. The van der Waals surface area contributed by atoms with Gasteiger partial charge in [-0.2, -0.15) is 0 Å². The minimum atomic E-state index is -0.114. The molecule has 0 aromatic heterocycles. The van der Waals surface area contributed by atoms with Crippen molar-refractivity contribution in [2.75, 3.05) is 31.6 Å². The molecule has 0 aliphatic carbocycles. The van der Waals surface area contributed by atoms with E-state index in [1.54, 1.807) is 0 Å². The Morgan fingerprint density at radius 1 is 1.35 bits per heavy atom. The van der Waals surface area contributed by atoms with Gasteiger partial charge in [-0.25, -0.2) is 0 Å². The summed E-state index contributed by atoms with van der Waals surface area (Å²) in [7, 11) is 0. The van der Waals surface area contributed by atoms with Crippen LogP contribution in [0.15, 0.2) is 28.7 Å². The lowest BCUT2D eigenvalue weighted by Crippen LogP contribution is -2.40. The maximum atomic E-state index is 12.0. The molecule has 0 radical (unpaired) electrons. The smallest absolute Gasteiger partial charge is 0.310 e. The summed E-state index contributed by atoms with van der Waals surface area (Å²) < 4.78 is 6.08. The molecule has 0 unspecified atom stereocenters. The Hall–Kier alpha value is -1.40. The van der Waals surface area contributed by atoms with Gasteiger partial charge >= 0.3 is 5.97 Å². The number of benzene rings is 1. The second kappa shape index (κ2) is 9.03. The molecular weight excluding hydrogens is 360 g/mol. The molecule has 0 saturated carbocycles. The summed E-state index contributed by atoms with van der Waals surface area (Å²) in [4.78, 5) is 26.0. The summed E-state index contributed by atoms with van der Waals surface area (Å²) in [6.07, 6.45) is 2.27. The molecule has 1 saturated heterocycles. The number of amides is 1. The fraction of sp³-hybridized carbons (Fsp3) is 0.529. The SMILES string of the molecule is CCOC(=O)[C@@H]1CCCN(CCC(=O)Nc2ccc(Br)cc2)C1. The number of hydrogen-bond acceptors (Lipinski definition) is 4. The minimum absolute atomic E-state index is 0.00872. The summed E-state index contributed by atoms with van der Waals surface area (Å²) in [5.74, 6) is -0.180. The van der Waals surface area contributed by atoms with Crippen LogP contribution < -0.4 is 5.32 Å². The van der Waals surface area contributed by atoms with Gasteiger partial charge in [0.05, 0.1) is 12.5 Å². The van der Waals surface area contributed by atoms with Crippen LogP contribution in [0.3, 0.4) is 0 Å². The van der Waals surface area contributed by atoms with Crippen LogP contribution in [-0.2, 0) is 14.3 Å². The molecule has 1 amide bonds. The number of likely N-dealkylation sites (tertiary alicyclic amines) is 1. The topological polar surface area (TPSA) is 58.6 Å². The number of carbonyl (C=O) groups is 2. The molecule has 1 aromatic rings. The lowest BCUT2D eigenvalue weighted by Gasteiger charge is -2.31. The lowest BCUT2D eigenvalue weighted by molar-refractivity contribution is -0.149. The lowest BCUT2D eigenvalue weighted by atomic mass is 9.98. The first-order chi connectivity index (χ1) is 11.1. The summed E-state index contributed by atoms with van der Waals surface area (Å²) >= 11 is 3.37. The van der Waals surface area contributed by atoms with Crippen LogP contribution in [0, 0.1) is 5.92 Å². The van der Waals surface area contributed by atoms with Crippen molar-refractivity contribution in [3.05, 3.63) is 28.7 Å². The molecule has 0 bridgehead atoms. The van der Waals surface area contributed by atoms with Crippen molar-refractivity contribution >= 4 is 33.5 Å². The molecule has 2 rings (SSSR count). The van der Waals surface area contributed by atoms with E-state index < -0.39 is 0 Å². The quantitative estimate of drug-likeness (QED) is 0.768. The Morgan fingerprint density at radius 3 is 2.78 bits per heavy atom. The summed E-state index contributed by atoms with van der Waals surface area (Å²) in [6, 6.07) is 7.51. The Morgan fingerprint density at radius 2 is 2.09 bits per heavy atom. The number of nitrogens with one attached hydrogen (secondary N) is 1. The van der Waals surface area contributed by atoms with Crippen LogP contribution in [0.25, 0.3) is 0 Å². The maximum Gasteiger partial charge on any atom is 0.310 e. The molecule has 1 heterocycles. The summed E-state index contributed by atoms with van der Waals surface area (Å²) in [6.45, 7) is 4.53. The third-order valence-corrected chi connectivity index (χ3v) is 4.44. The van der Waals surface area contributed by atoms with E-state index in [-0.39, 0.29) is 17.8 Å². The highest BCUT2D eigenvalue weighted by Crippen LogP contribution is 2.18. The average Bonchev–Trinajstić information content (AvgIpc) is 2.56. The molecule has 1 fully saturated rings. The van der Waals surface area contributed by atoms with E-state index in [1.807, 2.05) is 31.2 Å². The van der Waals surface area contributed by atoms with Crippen LogP contribution >= 0.6 is 15.9 Å². The van der Waals surface area contributed by atoms with Crippen molar-refractivity contribution in [2.24, 2.45) is 5.92 Å². The van der Waals surface area contributed by atoms with Crippen molar-refractivity contribution in [2.45, 2.75) is 26.2 Å². The summed E-state index contributed by atoms with van der Waals surface area (Å²) in [5, 5.41) is 2.88. The van der Waals surface area contributed by atoms with Crippen LogP contribution in [0.2, 0.25) is 0 Å². The van der Waals surface area contributed by atoms with E-state index in [0.29, 0.717) is 26.1 Å². The third-order valence-electron chi connectivity index (χ3n) is 3.91. The predicted molar refractivity (Wildman–Crippen MR) is 93.2 cm³/mol. The first-order valence-electron chi connectivity index (χ1n) is 8.03. The highest BCUT2D eigenvalue weighted by atomic mass is 79.9. The van der Waals surface area contributed by atoms with E-state index in [9.17, 15) is 9.59 Å². The maximum absolute atomic E-state index is 12.0. The van der Waals surface area contributed by atoms with Crippen LogP contribution in [-0.4, -0.2) is 43.0 Å². The van der Waals surface area contributed by atoms with Crippen molar-refractivity contribution in [3.8, 4) is 0 Å². The van der Waals surface area contributed by atoms with Gasteiger partial charge in [-0.15, -0.1) is 0 Å². The molecule has 23 heavy (non-hydrogen) atoms. The number of nitrogens with zero attached hydrogens (tertiary/aromatic N) is 1. The molecule has 0 spiro atoms. The van der Waals surface area contributed by atoms with Crippen molar-refractivity contribution < 1.29 is 14.3 Å². The molecular formula is C17H23BrN2O3. The van der Waals surface area contributed by atoms with Crippen LogP contribution in [0.5, 0.6) is 0 Å². The number of hydrogen-bond donors (Lipinski definition) is 1. The fourth-order valence-corrected chi connectivity index (χ4v) is 2.99. The number of rotatable bonds is 6. The highest BCUT2D eigenvalue weighted by molar-refractivity contribution is 9.10. The molecule has 1 aliphatic heterocycles. The highest BCUT2D eigenvalue weighted by Gasteiger charge is 2.26. The molecule has 5 nitrogen and oxygen atoms in total. The Labute approximate surface area is 145 Å². The second-order valence-electron chi connectivity index (χ2n) is 5.70. The minimum Gasteiger partial charge on any atom is -0.466 e. The number of carbonyl (C=O) groups excluding carboxylic acids is 2. The molecule has 1 atom stereocenters. The first kappa shape index (κ1) is 17.9. The van der Waals surface area contributed by atoms with E-state index in [1.165, 1.54) is 0 Å². The van der Waals surface area contributed by atoms with Gasteiger partial charge < -0.3 is 15.0 Å². The Kier molecular flexibility index (Phi) is 7.05. The number of piperidine rings is 1. The predicted octanol–water partition coefficient (Wildman–Crippen LogP) is 3.05. The van der Waals surface area contributed by atoms with Crippen molar-refractivity contribution in [1.29, 1.82) is 0 Å². The van der Waals surface area contributed by atoms with Gasteiger partial charge in [0.15, 0.2) is 0 Å². The number of halogens is 1. The third kappa shape index (κ3) is 5.95. The largest absolute Gasteiger partial charge is 0.466 e. The number of esters is 1. The molecule has 6 heteroatoms. The standard InChI is InChI=1S/C17H23BrN2O3/c1-2-23-17(22)13-4-3-10-20(12-13)11-9-16(21)19-15-7-5-14(18)6-8-15/h5-8,13H,2-4,9-12H2,1H3,(H,19,21)/t13-/m1/s1. The van der Waals surface area contributed by atoms with Gasteiger partial charge in [0, 0.05) is 29.7 Å². The van der Waals surface area contributed by atoms with Crippen molar-refractivity contribution in [1.82, 2.24) is 4.90 Å². The van der Waals surface area contributed by atoms with Gasteiger partial charge in [0.25, 0.3) is 0 Å². The van der Waals surface area contributed by atoms with Gasteiger partial charge in [-0.05, 0) is 50.6 Å². The number of anilines is 1. The van der Waals surface area contributed by atoms with Gasteiger partial charge in [-0.1, -0.05) is 15.9 Å². The molecule has 126 valence electrons. The molecule has 1 N–H and O–H groups in total. The Bertz CT molecular complexity index is 533. The van der Waals surface area contributed by atoms with Crippen LogP contribution in [0.1, 0.15) is 26.2 Å². The van der Waals surface area contributed by atoms with Crippen molar-refractivity contribution in [3.63, 3.8) is 0 Å². The van der Waals surface area contributed by atoms with Crippen LogP contribution in [0.4, 0.5) is 5.69 Å². The van der Waals surface area contributed by atoms with Gasteiger partial charge in [0.1, 0.15) is 0 Å². The summed E-state index contributed by atoms with van der Waals surface area (Å²) in [5.41, 5.74) is 0.793. The fourth-order valence-electron chi connectivity index (χ4n) is 2.73. The van der Waals surface area contributed by atoms with E-state index >= 15 is 0 Å². The monoisotopic (exact) mass is 382 g/mol. The van der Waals surface area contributed by atoms with E-state index in [0.717, 1.165) is 29.5 Å². The zero-order chi connectivity index (χ0) is 16.7. The zero-order valence-electron chi connectivity index (χ0n) is 13.4. The normalized spacial score (nSPS) is 18.4.